The Morgan fingerprint density at radius 2 is 1.03 bits per heavy atom. The average Bonchev–Trinajstić information content (AvgIpc) is 4.03. The summed E-state index contributed by atoms with van der Waals surface area (Å²) in [7, 11) is 1.40. The number of hydrogen-bond donors (Lipinski definition) is 1. The number of carbonyl (C=O) groups is 1. The summed E-state index contributed by atoms with van der Waals surface area (Å²) in [6, 6.07) is 60.5. The number of aliphatic hydroxyl groups is 1. The molecule has 73 heavy (non-hydrogen) atoms. The summed E-state index contributed by atoms with van der Waals surface area (Å²) in [5, 5.41) is 18.1. The Bertz CT molecular complexity index is 3260. The van der Waals surface area contributed by atoms with Crippen LogP contribution in [-0.2, 0) is 20.5 Å². The molecule has 0 radical (unpaired) electrons. The first-order chi connectivity index (χ1) is 33.7. The third kappa shape index (κ3) is 14.9. The van der Waals surface area contributed by atoms with Gasteiger partial charge in [0.1, 0.15) is 0 Å². The maximum absolute atomic E-state index is 12.1. The van der Waals surface area contributed by atoms with E-state index in [4.69, 9.17) is 32.7 Å². The summed E-state index contributed by atoms with van der Waals surface area (Å²) in [6.45, 7) is 10.3. The number of fused-ring (bicyclic) bond motifs is 7. The van der Waals surface area contributed by atoms with Gasteiger partial charge in [0.15, 0.2) is 0 Å². The number of benzene rings is 9. The van der Waals surface area contributed by atoms with Crippen molar-refractivity contribution in [2.45, 2.75) is 51.6 Å². The van der Waals surface area contributed by atoms with Gasteiger partial charge in [-0.25, -0.2) is 4.79 Å². The molecular formula is C62H58Br4Cl2MgO4. The first-order valence-corrected chi connectivity index (χ1v) is 26.5. The van der Waals surface area contributed by atoms with Crippen LogP contribution in [0.15, 0.2) is 189 Å². The summed E-state index contributed by atoms with van der Waals surface area (Å²) >= 11 is 20.0. The van der Waals surface area contributed by atoms with Crippen LogP contribution in [0.2, 0.25) is 0 Å². The SMILES string of the molecule is C1CCOC1.CC(C)(O)c1cc(Br)ccc1-c1cccc2ccccc12.CC1(C)c2cc(Br)ccc2-c2c1ccc1ccccc21.COC(=O)c1cc(Br)ccc1-c1cccc2ccccc12.ClCCl.[Br-].[CH3-].[Mg+2]. The van der Waals surface area contributed by atoms with Gasteiger partial charge >= 0.3 is 29.0 Å². The van der Waals surface area contributed by atoms with Gasteiger partial charge in [0.05, 0.1) is 23.6 Å². The zero-order valence-corrected chi connectivity index (χ0v) is 51.2. The Balaban J connectivity index is 0.000000216. The maximum atomic E-state index is 12.1. The molecule has 0 bridgehead atoms. The number of ether oxygens (including phenoxy) is 2. The zero-order valence-electron chi connectivity index (χ0n) is 41.9. The molecule has 0 unspecified atom stereocenters. The van der Waals surface area contributed by atoms with Crippen molar-refractivity contribution in [2.75, 3.05) is 25.7 Å². The van der Waals surface area contributed by atoms with Gasteiger partial charge in [-0.1, -0.05) is 201 Å². The van der Waals surface area contributed by atoms with Gasteiger partial charge in [0.2, 0.25) is 0 Å². The molecule has 9 aromatic carbocycles. The second-order valence-corrected chi connectivity index (χ2v) is 21.5. The molecular weight excluding hydrogens is 1220 g/mol. The van der Waals surface area contributed by atoms with E-state index in [9.17, 15) is 9.90 Å². The molecule has 1 aliphatic heterocycles. The van der Waals surface area contributed by atoms with E-state index in [0.717, 1.165) is 65.2 Å². The van der Waals surface area contributed by atoms with E-state index in [1.807, 2.05) is 68.4 Å². The summed E-state index contributed by atoms with van der Waals surface area (Å²) in [6.07, 6.45) is 2.56. The Hall–Kier alpha value is -3.58. The second kappa shape index (κ2) is 28.5. The standard InChI is InChI=1S/C19H17BrO.C19H15Br.C18H13BrO2.C4H8O.CH2Cl2.CH3.BrH.Mg/c1-19(2,21)18-12-14(20)10-11-17(18)16-9-5-7-13-6-3-4-8-15(13)16;1-19(2)16-10-7-12-5-3-4-6-14(12)18(16)15-9-8-13(20)11-17(15)19;1-21-18(20)17-11-13(19)9-10-16(17)15-8-4-6-12-5-2-3-7-14(12)15;1-2-4-5-3-1;2-1-3;;;/h3-12,21H,1-2H3;3-11H,1-2H3;2-11H,1H3;1-4H2;1H2;1H3;1H;/q;;;;;-1;;+2/p-1. The summed E-state index contributed by atoms with van der Waals surface area (Å²) in [4.78, 5) is 12.1. The Kier molecular flexibility index (Phi) is 24.2. The number of carbonyl (C=O) groups excluding carboxylic acids is 1. The van der Waals surface area contributed by atoms with E-state index in [1.165, 1.54) is 63.8 Å². The quantitative estimate of drug-likeness (QED) is 0.0826. The second-order valence-electron chi connectivity index (χ2n) is 17.9. The van der Waals surface area contributed by atoms with Crippen LogP contribution in [0.1, 0.15) is 67.6 Å². The number of methoxy groups -OCH3 is 1. The summed E-state index contributed by atoms with van der Waals surface area (Å²) < 4.78 is 12.8. The topological polar surface area (TPSA) is 55.8 Å². The van der Waals surface area contributed by atoms with E-state index in [1.54, 1.807) is 6.07 Å². The van der Waals surface area contributed by atoms with Crippen LogP contribution in [0.5, 0.6) is 0 Å². The van der Waals surface area contributed by atoms with Gasteiger partial charge in [0.25, 0.3) is 0 Å². The molecule has 11 heteroatoms. The molecule has 1 N–H and O–H groups in total. The number of rotatable bonds is 4. The first kappa shape index (κ1) is 62.0. The molecule has 374 valence electrons. The van der Waals surface area contributed by atoms with Gasteiger partial charge in [-0.2, -0.15) is 0 Å². The van der Waals surface area contributed by atoms with Gasteiger partial charge in [0, 0.05) is 32.0 Å². The van der Waals surface area contributed by atoms with E-state index < -0.39 is 5.60 Å². The molecule has 2 aliphatic rings. The van der Waals surface area contributed by atoms with Gasteiger partial charge in [-0.15, -0.1) is 23.2 Å². The third-order valence-corrected chi connectivity index (χ3v) is 14.0. The van der Waals surface area contributed by atoms with Gasteiger partial charge < -0.3 is 39.0 Å². The van der Waals surface area contributed by atoms with E-state index in [0.29, 0.717) is 5.56 Å². The minimum Gasteiger partial charge on any atom is -1.00 e. The molecule has 0 spiro atoms. The van der Waals surface area contributed by atoms with Crippen molar-refractivity contribution in [2.24, 2.45) is 0 Å². The predicted molar refractivity (Wildman–Crippen MR) is 319 cm³/mol. The van der Waals surface area contributed by atoms with Crippen LogP contribution in [-0.4, -0.2) is 59.8 Å². The molecule has 0 amide bonds. The van der Waals surface area contributed by atoms with Crippen LogP contribution < -0.4 is 17.0 Å². The number of alkyl halides is 2. The minimum absolute atomic E-state index is 0. The summed E-state index contributed by atoms with van der Waals surface area (Å²) in [5.41, 5.74) is 10.4. The fourth-order valence-corrected chi connectivity index (χ4v) is 10.3. The van der Waals surface area contributed by atoms with Crippen molar-refractivity contribution < 1.29 is 36.4 Å². The fourth-order valence-electron chi connectivity index (χ4n) is 9.20. The molecule has 4 nitrogen and oxygen atoms in total. The third-order valence-electron chi connectivity index (χ3n) is 12.5. The van der Waals surface area contributed by atoms with Crippen LogP contribution >= 0.6 is 71.0 Å². The van der Waals surface area contributed by atoms with Gasteiger partial charge in [-0.05, 0) is 145 Å². The van der Waals surface area contributed by atoms with Crippen LogP contribution in [0.3, 0.4) is 0 Å². The fraction of sp³-hybridized carbons (Fsp3) is 0.194. The molecule has 11 rings (SSSR count). The Morgan fingerprint density at radius 3 is 1.53 bits per heavy atom. The molecule has 1 aliphatic carbocycles. The van der Waals surface area contributed by atoms with Crippen LogP contribution in [0, 0.1) is 7.43 Å². The van der Waals surface area contributed by atoms with Crippen molar-refractivity contribution in [3.8, 4) is 33.4 Å². The molecule has 9 aromatic rings. The maximum Gasteiger partial charge on any atom is 2.00 e. The minimum atomic E-state index is -0.893. The Morgan fingerprint density at radius 1 is 0.589 bits per heavy atom. The number of esters is 1. The molecule has 1 saturated heterocycles. The molecule has 1 fully saturated rings. The normalized spacial score (nSPS) is 12.5. The van der Waals surface area contributed by atoms with Crippen molar-refractivity contribution in [3.05, 3.63) is 219 Å². The van der Waals surface area contributed by atoms with Gasteiger partial charge in [-0.3, -0.25) is 0 Å². The van der Waals surface area contributed by atoms with Crippen LogP contribution in [0.25, 0.3) is 65.7 Å². The first-order valence-electron chi connectivity index (χ1n) is 23.1. The zero-order chi connectivity index (χ0) is 50.0. The van der Waals surface area contributed by atoms with Crippen LogP contribution in [0.4, 0.5) is 0 Å². The molecule has 0 atom stereocenters. The molecule has 0 aromatic heterocycles. The molecule has 0 saturated carbocycles. The van der Waals surface area contributed by atoms with E-state index in [2.05, 4.69) is 177 Å². The van der Waals surface area contributed by atoms with Crippen molar-refractivity contribution in [1.29, 1.82) is 0 Å². The number of halogens is 6. The Labute approximate surface area is 493 Å². The van der Waals surface area contributed by atoms with Crippen molar-refractivity contribution in [1.82, 2.24) is 0 Å². The summed E-state index contributed by atoms with van der Waals surface area (Å²) in [5.74, 6) is -0.334. The van der Waals surface area contributed by atoms with Crippen molar-refractivity contribution in [3.63, 3.8) is 0 Å². The average molecular weight is 1280 g/mol. The molecule has 1 heterocycles. The number of hydrogen-bond acceptors (Lipinski definition) is 4. The predicted octanol–water partition coefficient (Wildman–Crippen LogP) is 15.8. The monoisotopic (exact) mass is 1280 g/mol. The van der Waals surface area contributed by atoms with E-state index >= 15 is 0 Å². The van der Waals surface area contributed by atoms with E-state index in [-0.39, 0.29) is 64.2 Å². The van der Waals surface area contributed by atoms with Crippen molar-refractivity contribution >= 4 is 132 Å². The largest absolute Gasteiger partial charge is 2.00 e. The smallest absolute Gasteiger partial charge is 1.00 e.